The van der Waals surface area contributed by atoms with Gasteiger partial charge in [-0.15, -0.1) is 0 Å². The van der Waals surface area contributed by atoms with Crippen molar-refractivity contribution in [2.75, 3.05) is 19.9 Å². The summed E-state index contributed by atoms with van der Waals surface area (Å²) in [4.78, 5) is 25.9. The van der Waals surface area contributed by atoms with E-state index in [0.29, 0.717) is 0 Å². The zero-order chi connectivity index (χ0) is 30.3. The Morgan fingerprint density at radius 1 is 1.20 bits per heavy atom. The molecule has 2 heterocycles. The highest BCUT2D eigenvalue weighted by atomic mass is 32.2. The maximum absolute atomic E-state index is 13.4. The zero-order valence-corrected chi connectivity index (χ0v) is 26.5. The van der Waals surface area contributed by atoms with Gasteiger partial charge in [-0.2, -0.15) is 9.57 Å². The van der Waals surface area contributed by atoms with Crippen LogP contribution < -0.4 is 11.2 Å². The predicted molar refractivity (Wildman–Crippen MR) is 154 cm³/mol. The van der Waals surface area contributed by atoms with Crippen LogP contribution in [-0.4, -0.2) is 67.8 Å². The van der Waals surface area contributed by atoms with Gasteiger partial charge in [0, 0.05) is 25.9 Å². The van der Waals surface area contributed by atoms with Gasteiger partial charge in [-0.1, -0.05) is 51.1 Å². The molecule has 1 aliphatic rings. The van der Waals surface area contributed by atoms with E-state index in [1.54, 1.807) is 6.92 Å². The van der Waals surface area contributed by atoms with Crippen LogP contribution in [0.15, 0.2) is 46.1 Å². The minimum absolute atomic E-state index is 0.157. The molecule has 0 saturated carbocycles. The molecule has 0 N–H and O–H groups in total. The number of nitriles is 1. The molecule has 0 radical (unpaired) electrons. The second-order valence-corrected chi connectivity index (χ2v) is 18.6. The summed E-state index contributed by atoms with van der Waals surface area (Å²) >= 11 is 0. The van der Waals surface area contributed by atoms with Crippen molar-refractivity contribution in [2.45, 2.75) is 76.4 Å². The first-order chi connectivity index (χ1) is 18.4. The van der Waals surface area contributed by atoms with Crippen molar-refractivity contribution in [3.05, 3.63) is 68.5 Å². The van der Waals surface area contributed by atoms with Crippen LogP contribution in [0.5, 0.6) is 0 Å². The largest absolute Gasteiger partial charge is 0.406 e. The van der Waals surface area contributed by atoms with Crippen molar-refractivity contribution in [3.63, 3.8) is 0 Å². The second kappa shape index (κ2) is 11.3. The minimum Gasteiger partial charge on any atom is -0.406 e. The first-order valence-electron chi connectivity index (χ1n) is 13.0. The van der Waals surface area contributed by atoms with Crippen molar-refractivity contribution >= 4 is 18.3 Å². The highest BCUT2D eigenvalue weighted by Crippen LogP contribution is 2.47. The summed E-state index contributed by atoms with van der Waals surface area (Å²) in [5.41, 5.74) is -1.88. The van der Waals surface area contributed by atoms with Crippen LogP contribution in [0, 0.1) is 18.3 Å². The number of benzene rings is 1. The highest BCUT2D eigenvalue weighted by molar-refractivity contribution is 7.88. The predicted octanol–water partition coefficient (Wildman–Crippen LogP) is 2.51. The molecule has 1 aromatic carbocycles. The molecule has 1 aliphatic heterocycles. The van der Waals surface area contributed by atoms with Crippen LogP contribution >= 0.6 is 0 Å². The van der Waals surface area contributed by atoms with E-state index < -0.39 is 53.6 Å². The van der Waals surface area contributed by atoms with Gasteiger partial charge in [0.1, 0.15) is 12.2 Å². The van der Waals surface area contributed by atoms with Crippen LogP contribution in [0.3, 0.4) is 0 Å². The number of rotatable bonds is 9. The van der Waals surface area contributed by atoms with Gasteiger partial charge in [-0.05, 0) is 30.6 Å². The number of likely N-dealkylation sites (N-methyl/N-ethyl adjacent to an activating group) is 1. The van der Waals surface area contributed by atoms with Crippen LogP contribution in [0.1, 0.15) is 38.1 Å². The van der Waals surface area contributed by atoms with E-state index in [4.69, 9.17) is 13.9 Å². The Kier molecular flexibility index (Phi) is 9.05. The minimum atomic E-state index is -3.96. The highest BCUT2D eigenvalue weighted by Gasteiger charge is 2.65. The molecule has 1 aromatic heterocycles. The Bertz CT molecular complexity index is 1490. The summed E-state index contributed by atoms with van der Waals surface area (Å²) < 4.78 is 48.3. The molecule has 0 aliphatic carbocycles. The molecule has 0 bridgehead atoms. The Morgan fingerprint density at radius 2 is 1.80 bits per heavy atom. The van der Waals surface area contributed by atoms with E-state index >= 15 is 0 Å². The lowest BCUT2D eigenvalue weighted by molar-refractivity contribution is -0.0685. The summed E-state index contributed by atoms with van der Waals surface area (Å²) in [6, 6.07) is 11.6. The van der Waals surface area contributed by atoms with Crippen LogP contribution in [0.2, 0.25) is 18.1 Å². The molecule has 11 nitrogen and oxygen atoms in total. The fourth-order valence-electron chi connectivity index (χ4n) is 4.51. The van der Waals surface area contributed by atoms with E-state index in [1.165, 1.54) is 24.9 Å². The van der Waals surface area contributed by atoms with Crippen molar-refractivity contribution < 1.29 is 22.3 Å². The fraction of sp³-hybridized carbons (Fsp3) is 0.593. The molecular formula is C27H40N4O7SSi. The molecule has 13 heteroatoms. The maximum Gasteiger partial charge on any atom is 0.332 e. The van der Waals surface area contributed by atoms with Gasteiger partial charge >= 0.3 is 5.69 Å². The van der Waals surface area contributed by atoms with Crippen LogP contribution in [0.4, 0.5) is 0 Å². The number of ether oxygens (including phenoxy) is 2. The van der Waals surface area contributed by atoms with Gasteiger partial charge in [0.15, 0.2) is 20.1 Å². The summed E-state index contributed by atoms with van der Waals surface area (Å²) in [6.07, 6.45) is -1.20. The molecule has 2 aromatic rings. The normalized spacial score (nSPS) is 23.9. The lowest BCUT2D eigenvalue weighted by Gasteiger charge is -2.45. The third-order valence-corrected chi connectivity index (χ3v) is 13.8. The van der Waals surface area contributed by atoms with Gasteiger partial charge in [0.25, 0.3) is 5.56 Å². The first-order valence-corrected chi connectivity index (χ1v) is 17.7. The Labute approximate surface area is 237 Å². The number of sulfonamides is 1. The second-order valence-electron chi connectivity index (χ2n) is 11.8. The van der Waals surface area contributed by atoms with Crippen LogP contribution in [0.25, 0.3) is 0 Å². The van der Waals surface area contributed by atoms with E-state index in [9.17, 15) is 23.3 Å². The van der Waals surface area contributed by atoms with Crippen molar-refractivity contribution in [2.24, 2.45) is 7.05 Å². The van der Waals surface area contributed by atoms with Crippen molar-refractivity contribution in [3.8, 4) is 6.07 Å². The quantitative estimate of drug-likeness (QED) is 0.406. The number of nitrogens with zero attached hydrogens (tertiary/aromatic N) is 4. The summed E-state index contributed by atoms with van der Waals surface area (Å²) in [6.45, 7) is 11.6. The number of aromatic nitrogens is 2. The summed E-state index contributed by atoms with van der Waals surface area (Å²) in [5, 5.41) is 10.5. The van der Waals surface area contributed by atoms with E-state index in [1.807, 2.05) is 64.2 Å². The molecule has 0 unspecified atom stereocenters. The number of hydrogen-bond acceptors (Lipinski definition) is 8. The smallest absolute Gasteiger partial charge is 0.332 e. The molecule has 220 valence electrons. The molecule has 1 saturated heterocycles. The molecule has 40 heavy (non-hydrogen) atoms. The van der Waals surface area contributed by atoms with Crippen molar-refractivity contribution in [1.29, 1.82) is 5.26 Å². The van der Waals surface area contributed by atoms with Gasteiger partial charge < -0.3 is 13.9 Å². The Balaban J connectivity index is 2.24. The van der Waals surface area contributed by atoms with Crippen molar-refractivity contribution in [1.82, 2.24) is 13.4 Å². The molecule has 3 rings (SSSR count). The average Bonchev–Trinajstić information content (AvgIpc) is 3.16. The lowest BCUT2D eigenvalue weighted by Crippen LogP contribution is -2.64. The molecular weight excluding hydrogens is 552 g/mol. The summed E-state index contributed by atoms with van der Waals surface area (Å²) in [7, 11) is -4.00. The number of hydrogen-bond donors (Lipinski definition) is 0. The van der Waals surface area contributed by atoms with E-state index in [2.05, 4.69) is 6.07 Å². The van der Waals surface area contributed by atoms with Gasteiger partial charge in [-0.25, -0.2) is 13.2 Å². The van der Waals surface area contributed by atoms with Gasteiger partial charge in [0.2, 0.25) is 10.0 Å². The van der Waals surface area contributed by atoms with E-state index in [-0.39, 0.29) is 23.8 Å². The fourth-order valence-corrected chi connectivity index (χ4v) is 6.61. The Morgan fingerprint density at radius 3 is 2.33 bits per heavy atom. The molecule has 0 amide bonds. The van der Waals surface area contributed by atoms with Gasteiger partial charge in [0.05, 0.1) is 25.5 Å². The average molecular weight is 593 g/mol. The third kappa shape index (κ3) is 5.88. The summed E-state index contributed by atoms with van der Waals surface area (Å²) in [5.74, 6) is 0. The maximum atomic E-state index is 13.4. The molecule has 0 spiro atoms. The van der Waals surface area contributed by atoms with Gasteiger partial charge in [-0.3, -0.25) is 13.9 Å². The molecule has 4 atom stereocenters. The standard InChI is InChI=1S/C27H40N4O7SSi/c1-19-15-31(25(33)29(5)23(19)32)24-22(38-40(8,9)26(2,3)4)27(18-28,30(6)39(7,34)35)21(37-24)17-36-16-20-13-11-10-12-14-20/h10-15,21-22,24H,16-17H2,1-9H3/t21-,22+,24-,27-/m1/s1. The van der Waals surface area contributed by atoms with Crippen LogP contribution in [-0.2, 0) is 37.6 Å². The first kappa shape index (κ1) is 31.9. The number of aryl methyl sites for hydroxylation is 1. The lowest BCUT2D eigenvalue weighted by atomic mass is 9.89. The topological polar surface area (TPSA) is 133 Å². The van der Waals surface area contributed by atoms with E-state index in [0.717, 1.165) is 20.7 Å². The molecule has 1 fully saturated rings. The third-order valence-electron chi connectivity index (χ3n) is 8.05. The zero-order valence-electron chi connectivity index (χ0n) is 24.7. The Hall–Kier alpha value is -2.60. The monoisotopic (exact) mass is 592 g/mol. The SMILES string of the molecule is Cc1cn([C@@H]2O[C@H](COCc3ccccc3)[C@@](C#N)(N(C)S(C)(=O)=O)[C@H]2O[Si](C)(C)C(C)(C)C)c(=O)n(C)c1=O.